The monoisotopic (exact) mass is 426 g/mol. The fourth-order valence-corrected chi connectivity index (χ4v) is 6.32. The molecule has 1 N–H and O–H groups in total. The minimum Gasteiger partial charge on any atom is -0.366 e. The maximum Gasteiger partial charge on any atom is 0.142 e. The Labute approximate surface area is 187 Å². The fourth-order valence-electron chi connectivity index (χ4n) is 6.32. The van der Waals surface area contributed by atoms with Gasteiger partial charge in [0.05, 0.1) is 29.1 Å². The lowest BCUT2D eigenvalue weighted by molar-refractivity contribution is 0.133. The Hall–Kier alpha value is -3.15. The Kier molecular flexibility index (Phi) is 3.84. The number of pyridine rings is 2. The summed E-state index contributed by atoms with van der Waals surface area (Å²) >= 11 is 0. The zero-order chi connectivity index (χ0) is 21.4. The number of nitrogens with one attached hydrogen (secondary N) is 1. The van der Waals surface area contributed by atoms with Crippen molar-refractivity contribution in [3.05, 3.63) is 53.5 Å². The zero-order valence-corrected chi connectivity index (χ0v) is 18.1. The average Bonchev–Trinajstić information content (AvgIpc) is 3.60. The molecule has 0 saturated carbocycles. The van der Waals surface area contributed by atoms with Crippen LogP contribution in [0.1, 0.15) is 36.3 Å². The molecule has 8 heteroatoms. The Morgan fingerprint density at radius 2 is 2.06 bits per heavy atom. The number of nitrogens with zero attached hydrogens (tertiary/aromatic N) is 7. The molecule has 2 unspecified atom stereocenters. The number of nitriles is 1. The minimum atomic E-state index is 0.339. The number of rotatable bonds is 2. The molecule has 0 amide bonds. The molecule has 0 aliphatic carbocycles. The fraction of sp³-hybridized carbons (Fsp3) is 0.458. The van der Waals surface area contributed by atoms with E-state index >= 15 is 0 Å². The minimum absolute atomic E-state index is 0.339. The SMILES string of the molecule is C[C@@H]1CN(c2ccc(C#N)n3nccc23)C[C@@H]2c3ccc(N4CC5CC4CN5)nc3CN12. The summed E-state index contributed by atoms with van der Waals surface area (Å²) in [4.78, 5) is 12.7. The first-order chi connectivity index (χ1) is 15.7. The van der Waals surface area contributed by atoms with Crippen molar-refractivity contribution < 1.29 is 0 Å². The number of fused-ring (bicyclic) bond motifs is 6. The smallest absolute Gasteiger partial charge is 0.142 e. The van der Waals surface area contributed by atoms with E-state index in [0.29, 0.717) is 29.9 Å². The molecule has 3 aromatic heterocycles. The van der Waals surface area contributed by atoms with Crippen LogP contribution in [0.3, 0.4) is 0 Å². The van der Waals surface area contributed by atoms with Crippen molar-refractivity contribution in [3.63, 3.8) is 0 Å². The van der Waals surface area contributed by atoms with Crippen LogP contribution in [0.4, 0.5) is 11.5 Å². The highest BCUT2D eigenvalue weighted by Crippen LogP contribution is 2.41. The van der Waals surface area contributed by atoms with Crippen molar-refractivity contribution in [3.8, 4) is 6.07 Å². The third-order valence-corrected chi connectivity index (χ3v) is 7.87. The second kappa shape index (κ2) is 6.67. The maximum atomic E-state index is 9.42. The van der Waals surface area contributed by atoms with E-state index < -0.39 is 0 Å². The lowest BCUT2D eigenvalue weighted by atomic mass is 10.0. The lowest BCUT2D eigenvalue weighted by Crippen LogP contribution is -2.51. The number of aromatic nitrogens is 3. The van der Waals surface area contributed by atoms with Gasteiger partial charge < -0.3 is 15.1 Å². The van der Waals surface area contributed by atoms with Gasteiger partial charge in [0.25, 0.3) is 0 Å². The van der Waals surface area contributed by atoms with E-state index in [-0.39, 0.29) is 0 Å². The van der Waals surface area contributed by atoms with E-state index in [4.69, 9.17) is 4.98 Å². The highest BCUT2D eigenvalue weighted by Gasteiger charge is 2.42. The summed E-state index contributed by atoms with van der Waals surface area (Å²) in [5.74, 6) is 1.15. The molecule has 32 heavy (non-hydrogen) atoms. The summed E-state index contributed by atoms with van der Waals surface area (Å²) in [6, 6.07) is 14.7. The van der Waals surface area contributed by atoms with E-state index in [1.807, 2.05) is 12.1 Å². The Morgan fingerprint density at radius 3 is 2.88 bits per heavy atom. The predicted molar refractivity (Wildman–Crippen MR) is 122 cm³/mol. The summed E-state index contributed by atoms with van der Waals surface area (Å²) in [6.45, 7) is 7.27. The topological polar surface area (TPSA) is 75.7 Å². The molecule has 3 saturated heterocycles. The molecular weight excluding hydrogens is 400 g/mol. The van der Waals surface area contributed by atoms with Gasteiger partial charge in [0.1, 0.15) is 17.6 Å². The Balaban J connectivity index is 1.21. The van der Waals surface area contributed by atoms with Crippen molar-refractivity contribution in [2.24, 2.45) is 0 Å². The standard InChI is InChI=1S/C24H26N8/c1-15-11-29(21-4-2-17(9-25)32-22(21)6-7-27-32)14-23-19-3-5-24(28-20(19)13-30(15)23)31-12-16-8-18(31)10-26-16/h2-7,15-16,18,23,26H,8,10-14H2,1H3/t15-,16?,18?,23-/m1/s1. The van der Waals surface area contributed by atoms with E-state index in [2.05, 4.69) is 56.3 Å². The first-order valence-corrected chi connectivity index (χ1v) is 11.6. The first-order valence-electron chi connectivity index (χ1n) is 11.6. The molecule has 7 heterocycles. The van der Waals surface area contributed by atoms with E-state index in [1.54, 1.807) is 10.7 Å². The molecule has 4 aliphatic rings. The molecule has 2 bridgehead atoms. The summed E-state index contributed by atoms with van der Waals surface area (Å²) in [6.07, 6.45) is 3.02. The molecule has 0 aromatic carbocycles. The summed E-state index contributed by atoms with van der Waals surface area (Å²) in [5.41, 5.74) is 5.31. The summed E-state index contributed by atoms with van der Waals surface area (Å²) in [7, 11) is 0. The van der Waals surface area contributed by atoms with Gasteiger partial charge in [-0.05, 0) is 43.2 Å². The predicted octanol–water partition coefficient (Wildman–Crippen LogP) is 1.92. The molecule has 7 rings (SSSR count). The molecule has 4 atom stereocenters. The summed E-state index contributed by atoms with van der Waals surface area (Å²) in [5, 5.41) is 17.4. The Morgan fingerprint density at radius 1 is 1.12 bits per heavy atom. The molecule has 3 fully saturated rings. The molecule has 8 nitrogen and oxygen atoms in total. The van der Waals surface area contributed by atoms with Gasteiger partial charge in [0.2, 0.25) is 0 Å². The number of piperazine rings is 2. The maximum absolute atomic E-state index is 9.42. The Bertz CT molecular complexity index is 1260. The van der Waals surface area contributed by atoms with Gasteiger partial charge in [-0.25, -0.2) is 9.50 Å². The third kappa shape index (κ3) is 2.55. The highest BCUT2D eigenvalue weighted by atomic mass is 15.3. The second-order valence-electron chi connectivity index (χ2n) is 9.64. The van der Waals surface area contributed by atoms with Crippen molar-refractivity contribution in [1.29, 1.82) is 5.26 Å². The van der Waals surface area contributed by atoms with Gasteiger partial charge in [-0.1, -0.05) is 6.07 Å². The number of hydrogen-bond donors (Lipinski definition) is 1. The number of anilines is 2. The molecule has 3 aromatic rings. The van der Waals surface area contributed by atoms with Crippen LogP contribution >= 0.6 is 0 Å². The van der Waals surface area contributed by atoms with Crippen LogP contribution < -0.4 is 15.1 Å². The van der Waals surface area contributed by atoms with Crippen LogP contribution in [0.2, 0.25) is 0 Å². The van der Waals surface area contributed by atoms with Crippen molar-refractivity contribution in [2.45, 2.75) is 44.1 Å². The first kappa shape index (κ1) is 18.4. The van der Waals surface area contributed by atoms with Crippen molar-refractivity contribution in [2.75, 3.05) is 36.0 Å². The van der Waals surface area contributed by atoms with Gasteiger partial charge in [-0.2, -0.15) is 10.4 Å². The van der Waals surface area contributed by atoms with Crippen LogP contribution in [-0.2, 0) is 6.54 Å². The van der Waals surface area contributed by atoms with Gasteiger partial charge in [-0.15, -0.1) is 0 Å². The quantitative estimate of drug-likeness (QED) is 0.671. The van der Waals surface area contributed by atoms with E-state index in [0.717, 1.165) is 49.7 Å². The van der Waals surface area contributed by atoms with Gasteiger partial charge >= 0.3 is 0 Å². The zero-order valence-electron chi connectivity index (χ0n) is 18.1. The van der Waals surface area contributed by atoms with Crippen LogP contribution in [0.25, 0.3) is 5.52 Å². The van der Waals surface area contributed by atoms with Crippen LogP contribution in [-0.4, -0.2) is 63.8 Å². The van der Waals surface area contributed by atoms with Gasteiger partial charge in [0, 0.05) is 50.8 Å². The normalized spacial score (nSPS) is 28.9. The second-order valence-corrected chi connectivity index (χ2v) is 9.64. The largest absolute Gasteiger partial charge is 0.366 e. The van der Waals surface area contributed by atoms with Gasteiger partial charge in [-0.3, -0.25) is 4.90 Å². The van der Waals surface area contributed by atoms with Crippen molar-refractivity contribution in [1.82, 2.24) is 24.8 Å². The highest BCUT2D eigenvalue weighted by molar-refractivity contribution is 5.74. The van der Waals surface area contributed by atoms with E-state index in [1.165, 1.54) is 17.7 Å². The van der Waals surface area contributed by atoms with Crippen LogP contribution in [0, 0.1) is 11.3 Å². The molecule has 162 valence electrons. The molecule has 0 spiro atoms. The van der Waals surface area contributed by atoms with Gasteiger partial charge in [0.15, 0.2) is 0 Å². The summed E-state index contributed by atoms with van der Waals surface area (Å²) < 4.78 is 1.75. The number of hydrogen-bond acceptors (Lipinski definition) is 7. The molecular formula is C24H26N8. The van der Waals surface area contributed by atoms with Crippen LogP contribution in [0.15, 0.2) is 36.5 Å². The van der Waals surface area contributed by atoms with E-state index in [9.17, 15) is 5.26 Å². The molecule has 4 aliphatic heterocycles. The lowest BCUT2D eigenvalue weighted by Gasteiger charge is -2.43. The molecule has 0 radical (unpaired) electrons. The third-order valence-electron chi connectivity index (χ3n) is 7.87. The average molecular weight is 427 g/mol. The van der Waals surface area contributed by atoms with Crippen LogP contribution in [0.5, 0.6) is 0 Å². The van der Waals surface area contributed by atoms with Crippen molar-refractivity contribution >= 4 is 17.0 Å².